The molecule has 0 amide bonds. The third-order valence-corrected chi connectivity index (χ3v) is 4.61. The van der Waals surface area contributed by atoms with Gasteiger partial charge in [0, 0.05) is 36.7 Å². The van der Waals surface area contributed by atoms with E-state index in [-0.39, 0.29) is 5.82 Å². The van der Waals surface area contributed by atoms with Gasteiger partial charge in [-0.3, -0.25) is 4.90 Å². The summed E-state index contributed by atoms with van der Waals surface area (Å²) in [6.07, 6.45) is 4.76. The molecule has 2 unspecified atom stereocenters. The first kappa shape index (κ1) is 16.7. The van der Waals surface area contributed by atoms with Crippen molar-refractivity contribution in [2.45, 2.75) is 58.2 Å². The third-order valence-electron chi connectivity index (χ3n) is 4.26. The van der Waals surface area contributed by atoms with Crippen LogP contribution in [0, 0.1) is 5.82 Å². The molecule has 118 valence electrons. The van der Waals surface area contributed by atoms with Gasteiger partial charge in [-0.2, -0.15) is 0 Å². The van der Waals surface area contributed by atoms with Crippen molar-refractivity contribution in [2.75, 3.05) is 13.1 Å². The van der Waals surface area contributed by atoms with E-state index in [0.29, 0.717) is 17.1 Å². The molecule has 2 atom stereocenters. The number of nitrogens with one attached hydrogen (secondary N) is 1. The van der Waals surface area contributed by atoms with Gasteiger partial charge in [-0.1, -0.05) is 44.4 Å². The van der Waals surface area contributed by atoms with Crippen LogP contribution in [0.25, 0.3) is 0 Å². The molecular formula is C17H26ClFN2. The van der Waals surface area contributed by atoms with Gasteiger partial charge in [-0.05, 0) is 30.5 Å². The van der Waals surface area contributed by atoms with E-state index in [0.717, 1.165) is 25.2 Å². The SMILES string of the molecule is CCCC1CN(Cc2ccc(F)cc2Cl)C(CCC)CN1. The van der Waals surface area contributed by atoms with Crippen molar-refractivity contribution in [2.24, 2.45) is 0 Å². The van der Waals surface area contributed by atoms with E-state index in [4.69, 9.17) is 11.6 Å². The van der Waals surface area contributed by atoms with Crippen molar-refractivity contribution in [1.29, 1.82) is 0 Å². The molecule has 0 bridgehead atoms. The summed E-state index contributed by atoms with van der Waals surface area (Å²) in [6.45, 7) is 7.34. The third kappa shape index (κ3) is 4.67. The monoisotopic (exact) mass is 312 g/mol. The van der Waals surface area contributed by atoms with E-state index in [2.05, 4.69) is 24.1 Å². The number of hydrogen-bond donors (Lipinski definition) is 1. The van der Waals surface area contributed by atoms with Crippen molar-refractivity contribution in [3.63, 3.8) is 0 Å². The summed E-state index contributed by atoms with van der Waals surface area (Å²) in [5, 5.41) is 4.20. The highest BCUT2D eigenvalue weighted by molar-refractivity contribution is 6.31. The average molecular weight is 313 g/mol. The maximum atomic E-state index is 13.2. The summed E-state index contributed by atoms with van der Waals surface area (Å²) in [5.41, 5.74) is 1.02. The Labute approximate surface area is 132 Å². The summed E-state index contributed by atoms with van der Waals surface area (Å²) in [4.78, 5) is 2.51. The van der Waals surface area contributed by atoms with Gasteiger partial charge in [0.2, 0.25) is 0 Å². The van der Waals surface area contributed by atoms with Crippen LogP contribution in [-0.2, 0) is 6.54 Å². The lowest BCUT2D eigenvalue weighted by atomic mass is 10.0. The van der Waals surface area contributed by atoms with Crippen LogP contribution >= 0.6 is 11.6 Å². The molecule has 0 aromatic heterocycles. The number of piperazine rings is 1. The molecule has 1 fully saturated rings. The summed E-state index contributed by atoms with van der Waals surface area (Å²) in [7, 11) is 0. The maximum absolute atomic E-state index is 13.2. The molecule has 1 aliphatic rings. The first-order chi connectivity index (χ1) is 10.1. The molecule has 0 saturated carbocycles. The van der Waals surface area contributed by atoms with Gasteiger partial charge >= 0.3 is 0 Å². The number of nitrogens with zero attached hydrogens (tertiary/aromatic N) is 1. The summed E-state index contributed by atoms with van der Waals surface area (Å²) < 4.78 is 13.2. The van der Waals surface area contributed by atoms with Crippen molar-refractivity contribution in [3.8, 4) is 0 Å². The molecule has 1 aliphatic heterocycles. The van der Waals surface area contributed by atoms with Gasteiger partial charge in [0.1, 0.15) is 5.82 Å². The van der Waals surface area contributed by atoms with Crippen molar-refractivity contribution in [3.05, 3.63) is 34.6 Å². The van der Waals surface area contributed by atoms with Crippen molar-refractivity contribution < 1.29 is 4.39 Å². The number of hydrogen-bond acceptors (Lipinski definition) is 2. The fourth-order valence-electron chi connectivity index (χ4n) is 3.15. The fourth-order valence-corrected chi connectivity index (χ4v) is 3.38. The van der Waals surface area contributed by atoms with E-state index in [9.17, 15) is 4.39 Å². The lowest BCUT2D eigenvalue weighted by Gasteiger charge is -2.40. The van der Waals surface area contributed by atoms with E-state index < -0.39 is 0 Å². The predicted molar refractivity (Wildman–Crippen MR) is 87.2 cm³/mol. The second-order valence-electron chi connectivity index (χ2n) is 6.00. The smallest absolute Gasteiger partial charge is 0.124 e. The first-order valence-electron chi connectivity index (χ1n) is 8.05. The lowest BCUT2D eigenvalue weighted by Crippen LogP contribution is -2.55. The molecule has 2 rings (SSSR count). The second kappa shape index (κ2) is 8.11. The topological polar surface area (TPSA) is 15.3 Å². The van der Waals surface area contributed by atoms with Crippen LogP contribution in [0.15, 0.2) is 18.2 Å². The van der Waals surface area contributed by atoms with Gasteiger partial charge in [-0.25, -0.2) is 4.39 Å². The van der Waals surface area contributed by atoms with E-state index in [1.807, 2.05) is 6.07 Å². The number of halogens is 2. The number of benzene rings is 1. The zero-order valence-electron chi connectivity index (χ0n) is 13.0. The molecule has 1 N–H and O–H groups in total. The predicted octanol–water partition coefficient (Wildman–Crippen LogP) is 4.22. The molecule has 2 nitrogen and oxygen atoms in total. The Morgan fingerprint density at radius 2 is 2.05 bits per heavy atom. The van der Waals surface area contributed by atoms with Gasteiger partial charge in [0.05, 0.1) is 0 Å². The molecule has 21 heavy (non-hydrogen) atoms. The molecular weight excluding hydrogens is 287 g/mol. The van der Waals surface area contributed by atoms with E-state index >= 15 is 0 Å². The Kier molecular flexibility index (Phi) is 6.46. The zero-order valence-corrected chi connectivity index (χ0v) is 13.8. The van der Waals surface area contributed by atoms with Gasteiger partial charge in [0.25, 0.3) is 0 Å². The van der Waals surface area contributed by atoms with Crippen LogP contribution < -0.4 is 5.32 Å². The van der Waals surface area contributed by atoms with Gasteiger partial charge in [-0.15, -0.1) is 0 Å². The Morgan fingerprint density at radius 3 is 2.71 bits per heavy atom. The Bertz CT molecular complexity index is 452. The van der Waals surface area contributed by atoms with Crippen LogP contribution in [0.5, 0.6) is 0 Å². The largest absolute Gasteiger partial charge is 0.311 e. The molecule has 1 saturated heterocycles. The van der Waals surface area contributed by atoms with Crippen LogP contribution in [0.2, 0.25) is 5.02 Å². The van der Waals surface area contributed by atoms with Crippen LogP contribution in [0.3, 0.4) is 0 Å². The Morgan fingerprint density at radius 1 is 1.29 bits per heavy atom. The van der Waals surface area contributed by atoms with Crippen LogP contribution in [0.1, 0.15) is 45.1 Å². The lowest BCUT2D eigenvalue weighted by molar-refractivity contribution is 0.112. The van der Waals surface area contributed by atoms with Crippen molar-refractivity contribution in [1.82, 2.24) is 10.2 Å². The zero-order chi connectivity index (χ0) is 15.2. The minimum absolute atomic E-state index is 0.266. The highest BCUT2D eigenvalue weighted by Gasteiger charge is 2.27. The number of rotatable bonds is 6. The van der Waals surface area contributed by atoms with Gasteiger partial charge < -0.3 is 5.32 Å². The molecule has 1 heterocycles. The molecule has 1 aromatic carbocycles. The quantitative estimate of drug-likeness (QED) is 0.846. The van der Waals surface area contributed by atoms with E-state index in [1.165, 1.54) is 37.8 Å². The maximum Gasteiger partial charge on any atom is 0.124 e. The molecule has 4 heteroatoms. The highest BCUT2D eigenvalue weighted by Crippen LogP contribution is 2.23. The average Bonchev–Trinajstić information content (AvgIpc) is 2.45. The Hall–Kier alpha value is -0.640. The first-order valence-corrected chi connectivity index (χ1v) is 8.43. The normalized spacial score (nSPS) is 23.4. The molecule has 0 spiro atoms. The van der Waals surface area contributed by atoms with E-state index in [1.54, 1.807) is 0 Å². The standard InChI is InChI=1S/C17H26ClFN2/c1-3-5-15-12-21(16(6-4-2)10-20-15)11-13-7-8-14(19)9-17(13)18/h7-9,15-16,20H,3-6,10-12H2,1-2H3. The molecule has 0 aliphatic carbocycles. The Balaban J connectivity index is 2.07. The summed E-state index contributed by atoms with van der Waals surface area (Å²) >= 11 is 6.19. The minimum atomic E-state index is -0.266. The minimum Gasteiger partial charge on any atom is -0.311 e. The van der Waals surface area contributed by atoms with Gasteiger partial charge in [0.15, 0.2) is 0 Å². The van der Waals surface area contributed by atoms with Crippen LogP contribution in [0.4, 0.5) is 4.39 Å². The molecule has 0 radical (unpaired) electrons. The highest BCUT2D eigenvalue weighted by atomic mass is 35.5. The van der Waals surface area contributed by atoms with Crippen molar-refractivity contribution >= 4 is 11.6 Å². The van der Waals surface area contributed by atoms with Crippen LogP contribution in [-0.4, -0.2) is 30.1 Å². The fraction of sp³-hybridized carbons (Fsp3) is 0.647. The second-order valence-corrected chi connectivity index (χ2v) is 6.41. The summed E-state index contributed by atoms with van der Waals surface area (Å²) in [5.74, 6) is -0.266. The molecule has 1 aromatic rings. The summed E-state index contributed by atoms with van der Waals surface area (Å²) in [6, 6.07) is 5.84.